The normalized spacial score (nSPS) is 11.1. The molecule has 0 aliphatic rings. The van der Waals surface area contributed by atoms with E-state index in [1.54, 1.807) is 0 Å². The number of halogens is 1. The zero-order valence-corrected chi connectivity index (χ0v) is 7.24. The van der Waals surface area contributed by atoms with Crippen LogP contribution in [0.4, 0.5) is 0 Å². The highest BCUT2D eigenvalue weighted by Gasteiger charge is 2.09. The van der Waals surface area contributed by atoms with Crippen LogP contribution >= 0.6 is 11.6 Å². The maximum Gasteiger partial charge on any atom is 0.304 e. The number of carboxylic acid groups (broad SMARTS) is 1. The first-order chi connectivity index (χ1) is 5.56. The van der Waals surface area contributed by atoms with Gasteiger partial charge < -0.3 is 15.3 Å². The molecule has 72 valence electrons. The van der Waals surface area contributed by atoms with Gasteiger partial charge in [-0.3, -0.25) is 9.69 Å². The summed E-state index contributed by atoms with van der Waals surface area (Å²) in [5.74, 6) is -0.933. The smallest absolute Gasteiger partial charge is 0.304 e. The maximum absolute atomic E-state index is 10.1. The average molecular weight is 198 g/mol. The van der Waals surface area contributed by atoms with Crippen molar-refractivity contribution in [2.24, 2.45) is 0 Å². The number of hydrogen-bond donors (Lipinski definition) is 3. The third-order valence-corrected chi connectivity index (χ3v) is 1.57. The first-order valence-corrected chi connectivity index (χ1v) is 3.96. The third-order valence-electron chi connectivity index (χ3n) is 1.23. The molecule has 0 amide bonds. The van der Waals surface area contributed by atoms with Gasteiger partial charge in [0, 0.05) is 6.54 Å². The zero-order valence-electron chi connectivity index (χ0n) is 6.48. The average Bonchev–Trinajstić information content (AvgIpc) is 1.97. The molecule has 0 aliphatic heterocycles. The Balaban J connectivity index is 3.60. The van der Waals surface area contributed by atoms with Crippen LogP contribution in [0.5, 0.6) is 0 Å². The fraction of sp³-hybridized carbons (Fsp3) is 0.833. The predicted octanol–water partition coefficient (Wildman–Crippen LogP) is -0.730. The molecule has 0 saturated heterocycles. The molecule has 0 aromatic heterocycles. The summed E-state index contributed by atoms with van der Waals surface area (Å²) in [5, 5.41) is 25.4. The first-order valence-electron chi connectivity index (χ1n) is 3.42. The van der Waals surface area contributed by atoms with Crippen molar-refractivity contribution in [2.45, 2.75) is 12.7 Å². The van der Waals surface area contributed by atoms with Crippen LogP contribution in [-0.2, 0) is 4.79 Å². The summed E-state index contributed by atoms with van der Waals surface area (Å²) < 4.78 is 0. The summed E-state index contributed by atoms with van der Waals surface area (Å²) in [6.45, 7) is 0.188. The lowest BCUT2D eigenvalue weighted by molar-refractivity contribution is -0.137. The van der Waals surface area contributed by atoms with E-state index < -0.39 is 12.3 Å². The SMILES string of the molecule is O=C(O)CCN(CCl)CC(O)O. The molecule has 5 nitrogen and oxygen atoms in total. The summed E-state index contributed by atoms with van der Waals surface area (Å²) in [7, 11) is 0. The molecule has 0 spiro atoms. The van der Waals surface area contributed by atoms with Crippen LogP contribution in [0.3, 0.4) is 0 Å². The standard InChI is InChI=1S/C6H12ClNO4/c7-4-8(3-6(11)12)2-1-5(9)10/h6,11-12H,1-4H2,(H,9,10). The Morgan fingerprint density at radius 2 is 2.08 bits per heavy atom. The highest BCUT2D eigenvalue weighted by Crippen LogP contribution is 1.95. The van der Waals surface area contributed by atoms with Gasteiger partial charge in [0.05, 0.1) is 19.0 Å². The van der Waals surface area contributed by atoms with Crippen molar-refractivity contribution < 1.29 is 20.1 Å². The molecule has 0 saturated carbocycles. The van der Waals surface area contributed by atoms with Crippen LogP contribution in [0.1, 0.15) is 6.42 Å². The molecular weight excluding hydrogens is 186 g/mol. The molecule has 12 heavy (non-hydrogen) atoms. The van der Waals surface area contributed by atoms with Gasteiger partial charge in [0.1, 0.15) is 0 Å². The summed E-state index contributed by atoms with van der Waals surface area (Å²) in [6.07, 6.45) is -1.53. The summed E-state index contributed by atoms with van der Waals surface area (Å²) >= 11 is 5.41. The molecule has 0 heterocycles. The number of aliphatic hydroxyl groups is 2. The highest BCUT2D eigenvalue weighted by atomic mass is 35.5. The Morgan fingerprint density at radius 1 is 1.50 bits per heavy atom. The molecule has 6 heteroatoms. The van der Waals surface area contributed by atoms with Gasteiger partial charge >= 0.3 is 5.97 Å². The number of alkyl halides is 1. The molecule has 0 radical (unpaired) electrons. The molecule has 0 aromatic rings. The van der Waals surface area contributed by atoms with Crippen LogP contribution in [0.25, 0.3) is 0 Å². The second kappa shape index (κ2) is 6.19. The van der Waals surface area contributed by atoms with E-state index in [0.29, 0.717) is 0 Å². The van der Waals surface area contributed by atoms with Gasteiger partial charge in [0.2, 0.25) is 0 Å². The van der Waals surface area contributed by atoms with Gasteiger partial charge in [-0.05, 0) is 0 Å². The predicted molar refractivity (Wildman–Crippen MR) is 42.8 cm³/mol. The van der Waals surface area contributed by atoms with E-state index in [0.717, 1.165) is 0 Å². The van der Waals surface area contributed by atoms with Crippen LogP contribution in [0.15, 0.2) is 0 Å². The fourth-order valence-corrected chi connectivity index (χ4v) is 0.902. The van der Waals surface area contributed by atoms with E-state index in [-0.39, 0.29) is 25.5 Å². The van der Waals surface area contributed by atoms with E-state index >= 15 is 0 Å². The van der Waals surface area contributed by atoms with Crippen molar-refractivity contribution in [3.8, 4) is 0 Å². The minimum Gasteiger partial charge on any atom is -0.481 e. The second-order valence-electron chi connectivity index (χ2n) is 2.32. The van der Waals surface area contributed by atoms with Crippen molar-refractivity contribution in [3.05, 3.63) is 0 Å². The number of carbonyl (C=O) groups is 1. The molecule has 3 N–H and O–H groups in total. The Labute approximate surface area is 75.2 Å². The molecular formula is C6H12ClNO4. The Morgan fingerprint density at radius 3 is 2.42 bits per heavy atom. The molecule has 0 aliphatic carbocycles. The number of aliphatic hydroxyl groups excluding tert-OH is 1. The van der Waals surface area contributed by atoms with Crippen molar-refractivity contribution >= 4 is 17.6 Å². The molecule has 0 bridgehead atoms. The molecule has 0 rings (SSSR count). The van der Waals surface area contributed by atoms with Gasteiger partial charge in [-0.25, -0.2) is 0 Å². The minimum absolute atomic E-state index is 0.0310. The largest absolute Gasteiger partial charge is 0.481 e. The number of rotatable bonds is 6. The molecule has 0 fully saturated rings. The molecule has 0 atom stereocenters. The fourth-order valence-electron chi connectivity index (χ4n) is 0.685. The van der Waals surface area contributed by atoms with Gasteiger partial charge in [0.25, 0.3) is 0 Å². The summed E-state index contributed by atoms with van der Waals surface area (Å²) in [4.78, 5) is 11.5. The van der Waals surface area contributed by atoms with Crippen LogP contribution in [0, 0.1) is 0 Å². The van der Waals surface area contributed by atoms with Crippen molar-refractivity contribution in [1.82, 2.24) is 4.90 Å². The summed E-state index contributed by atoms with van der Waals surface area (Å²) in [6, 6.07) is 0.0882. The zero-order chi connectivity index (χ0) is 9.56. The third kappa shape index (κ3) is 6.36. The van der Waals surface area contributed by atoms with Crippen LogP contribution in [0.2, 0.25) is 0 Å². The minimum atomic E-state index is -1.47. The monoisotopic (exact) mass is 197 g/mol. The maximum atomic E-state index is 10.1. The van der Waals surface area contributed by atoms with Crippen LogP contribution < -0.4 is 0 Å². The van der Waals surface area contributed by atoms with E-state index in [1.807, 2.05) is 0 Å². The second-order valence-corrected chi connectivity index (χ2v) is 2.56. The van der Waals surface area contributed by atoms with Gasteiger partial charge in [-0.2, -0.15) is 0 Å². The Kier molecular flexibility index (Phi) is 6.00. The van der Waals surface area contributed by atoms with Gasteiger partial charge in [-0.1, -0.05) is 0 Å². The van der Waals surface area contributed by atoms with Crippen molar-refractivity contribution in [1.29, 1.82) is 0 Å². The lowest BCUT2D eigenvalue weighted by Crippen LogP contribution is -2.33. The first kappa shape index (κ1) is 11.6. The Hall–Kier alpha value is -0.360. The number of aliphatic carboxylic acids is 1. The lowest BCUT2D eigenvalue weighted by atomic mass is 10.4. The summed E-state index contributed by atoms with van der Waals surface area (Å²) in [5.41, 5.74) is 0. The number of carboxylic acids is 1. The van der Waals surface area contributed by atoms with E-state index in [1.165, 1.54) is 4.90 Å². The topological polar surface area (TPSA) is 81.0 Å². The van der Waals surface area contributed by atoms with E-state index in [9.17, 15) is 4.79 Å². The quantitative estimate of drug-likeness (QED) is 0.297. The Bertz CT molecular complexity index is 142. The van der Waals surface area contributed by atoms with Crippen LogP contribution in [-0.4, -0.2) is 51.6 Å². The van der Waals surface area contributed by atoms with E-state index in [2.05, 4.69) is 0 Å². The molecule has 0 aromatic carbocycles. The van der Waals surface area contributed by atoms with E-state index in [4.69, 9.17) is 26.9 Å². The molecule has 0 unspecified atom stereocenters. The lowest BCUT2D eigenvalue weighted by Gasteiger charge is -2.18. The van der Waals surface area contributed by atoms with Gasteiger partial charge in [0.15, 0.2) is 6.29 Å². The highest BCUT2D eigenvalue weighted by molar-refractivity contribution is 6.17. The number of nitrogens with zero attached hydrogens (tertiary/aromatic N) is 1. The number of hydrogen-bond acceptors (Lipinski definition) is 4. The van der Waals surface area contributed by atoms with Gasteiger partial charge in [-0.15, -0.1) is 11.6 Å². The van der Waals surface area contributed by atoms with Crippen molar-refractivity contribution in [2.75, 3.05) is 19.1 Å². The van der Waals surface area contributed by atoms with Crippen molar-refractivity contribution in [3.63, 3.8) is 0 Å².